The number of anilines is 1. The van der Waals surface area contributed by atoms with Crippen molar-refractivity contribution >= 4 is 26.6 Å². The number of pyridine rings is 1. The number of sulfonamides is 1. The number of fused-ring (bicyclic) bond motifs is 1. The van der Waals surface area contributed by atoms with Gasteiger partial charge in [-0.25, -0.2) is 18.4 Å². The van der Waals surface area contributed by atoms with Crippen molar-refractivity contribution in [3.63, 3.8) is 0 Å². The van der Waals surface area contributed by atoms with E-state index in [0.717, 1.165) is 5.39 Å². The molecule has 2 aromatic heterocycles. The number of benzene rings is 2. The van der Waals surface area contributed by atoms with Crippen molar-refractivity contribution in [2.45, 2.75) is 11.8 Å². The Bertz CT molecular complexity index is 1230. The molecule has 2 heterocycles. The van der Waals surface area contributed by atoms with Gasteiger partial charge >= 0.3 is 0 Å². The number of para-hydroxylation sites is 1. The molecule has 4 aromatic rings. The lowest BCUT2D eigenvalue weighted by Gasteiger charge is -2.11. The third kappa shape index (κ3) is 3.50. The zero-order valence-corrected chi connectivity index (χ0v) is 15.3. The molecule has 0 unspecified atom stereocenters. The SMILES string of the molecule is Cc1nccc(-c2cccc(S(=O)(=O)Nc3cccc4cccnc34)c2)n1. The third-order valence-electron chi connectivity index (χ3n) is 4.09. The molecule has 0 bridgehead atoms. The summed E-state index contributed by atoms with van der Waals surface area (Å²) in [5.41, 5.74) is 2.42. The van der Waals surface area contributed by atoms with E-state index in [9.17, 15) is 8.42 Å². The molecule has 0 aliphatic heterocycles. The van der Waals surface area contributed by atoms with E-state index in [1.807, 2.05) is 24.3 Å². The Morgan fingerprint density at radius 2 is 1.70 bits per heavy atom. The van der Waals surface area contributed by atoms with Gasteiger partial charge < -0.3 is 0 Å². The Kier molecular flexibility index (Phi) is 4.29. The maximum Gasteiger partial charge on any atom is 0.261 e. The second-order valence-electron chi connectivity index (χ2n) is 6.00. The van der Waals surface area contributed by atoms with Crippen LogP contribution in [0.1, 0.15) is 5.82 Å². The van der Waals surface area contributed by atoms with Crippen LogP contribution in [0.25, 0.3) is 22.2 Å². The van der Waals surface area contributed by atoms with Gasteiger partial charge in [0.25, 0.3) is 10.0 Å². The Hall–Kier alpha value is -3.32. The van der Waals surface area contributed by atoms with Gasteiger partial charge in [-0.3, -0.25) is 9.71 Å². The fourth-order valence-corrected chi connectivity index (χ4v) is 3.94. The normalized spacial score (nSPS) is 11.4. The predicted octanol–water partition coefficient (Wildman–Crippen LogP) is 3.80. The fraction of sp³-hybridized carbons (Fsp3) is 0.0500. The molecule has 0 aliphatic carbocycles. The molecule has 134 valence electrons. The van der Waals surface area contributed by atoms with Crippen LogP contribution >= 0.6 is 0 Å². The van der Waals surface area contributed by atoms with E-state index >= 15 is 0 Å². The van der Waals surface area contributed by atoms with Crippen molar-refractivity contribution < 1.29 is 8.42 Å². The lowest BCUT2D eigenvalue weighted by atomic mass is 10.1. The lowest BCUT2D eigenvalue weighted by molar-refractivity contribution is 0.601. The molecule has 0 saturated carbocycles. The van der Waals surface area contributed by atoms with E-state index in [2.05, 4.69) is 19.7 Å². The summed E-state index contributed by atoms with van der Waals surface area (Å²) < 4.78 is 28.5. The van der Waals surface area contributed by atoms with Crippen molar-refractivity contribution in [3.8, 4) is 11.3 Å². The van der Waals surface area contributed by atoms with E-state index in [1.165, 1.54) is 0 Å². The molecule has 0 aliphatic rings. The van der Waals surface area contributed by atoms with Crippen LogP contribution in [0.2, 0.25) is 0 Å². The lowest BCUT2D eigenvalue weighted by Crippen LogP contribution is -2.13. The summed E-state index contributed by atoms with van der Waals surface area (Å²) in [6.07, 6.45) is 3.29. The molecule has 0 fully saturated rings. The molecule has 0 amide bonds. The molecule has 0 radical (unpaired) electrons. The van der Waals surface area contributed by atoms with Gasteiger partial charge in [0, 0.05) is 23.3 Å². The Morgan fingerprint density at radius 1 is 0.889 bits per heavy atom. The third-order valence-corrected chi connectivity index (χ3v) is 5.46. The first-order chi connectivity index (χ1) is 13.0. The highest BCUT2D eigenvalue weighted by molar-refractivity contribution is 7.92. The number of aryl methyl sites for hydroxylation is 1. The minimum Gasteiger partial charge on any atom is -0.277 e. The first-order valence-corrected chi connectivity index (χ1v) is 9.78. The average Bonchev–Trinajstić information content (AvgIpc) is 2.68. The van der Waals surface area contributed by atoms with Crippen molar-refractivity contribution in [3.05, 3.63) is 78.9 Å². The number of nitrogens with one attached hydrogen (secondary N) is 1. The predicted molar refractivity (Wildman–Crippen MR) is 105 cm³/mol. The van der Waals surface area contributed by atoms with Crippen LogP contribution < -0.4 is 4.72 Å². The fourth-order valence-electron chi connectivity index (χ4n) is 2.83. The summed E-state index contributed by atoms with van der Waals surface area (Å²) >= 11 is 0. The van der Waals surface area contributed by atoms with Gasteiger partial charge in [-0.05, 0) is 37.3 Å². The summed E-state index contributed by atoms with van der Waals surface area (Å²) in [6.45, 7) is 1.79. The zero-order valence-electron chi connectivity index (χ0n) is 14.5. The number of aromatic nitrogens is 3. The highest BCUT2D eigenvalue weighted by Gasteiger charge is 2.17. The van der Waals surface area contributed by atoms with Crippen LogP contribution in [0.4, 0.5) is 5.69 Å². The second-order valence-corrected chi connectivity index (χ2v) is 7.69. The Labute approximate surface area is 157 Å². The smallest absolute Gasteiger partial charge is 0.261 e. The highest BCUT2D eigenvalue weighted by atomic mass is 32.2. The van der Waals surface area contributed by atoms with Crippen molar-refractivity contribution in [2.24, 2.45) is 0 Å². The van der Waals surface area contributed by atoms with Crippen LogP contribution in [0.15, 0.2) is 78.0 Å². The summed E-state index contributed by atoms with van der Waals surface area (Å²) in [4.78, 5) is 12.9. The summed E-state index contributed by atoms with van der Waals surface area (Å²) in [7, 11) is -3.78. The van der Waals surface area contributed by atoms with E-state index in [-0.39, 0.29) is 4.90 Å². The van der Waals surface area contributed by atoms with Crippen LogP contribution in [-0.4, -0.2) is 23.4 Å². The minimum absolute atomic E-state index is 0.157. The molecule has 7 heteroatoms. The standard InChI is InChI=1S/C20H16N4O2S/c1-14-21-12-10-18(23-14)16-6-2-8-17(13-16)27(25,26)24-19-9-3-5-15-7-4-11-22-20(15)19/h2-13,24H,1H3. The summed E-state index contributed by atoms with van der Waals surface area (Å²) in [5.74, 6) is 0.626. The molecule has 0 spiro atoms. The molecule has 27 heavy (non-hydrogen) atoms. The van der Waals surface area contributed by atoms with Gasteiger partial charge in [-0.15, -0.1) is 0 Å². The van der Waals surface area contributed by atoms with E-state index in [0.29, 0.717) is 28.3 Å². The molecular weight excluding hydrogens is 360 g/mol. The number of nitrogens with zero attached hydrogens (tertiary/aromatic N) is 3. The maximum absolute atomic E-state index is 12.9. The Morgan fingerprint density at radius 3 is 2.56 bits per heavy atom. The van der Waals surface area contributed by atoms with Gasteiger partial charge in [-0.1, -0.05) is 30.3 Å². The van der Waals surface area contributed by atoms with Crippen LogP contribution in [0, 0.1) is 6.92 Å². The summed E-state index contributed by atoms with van der Waals surface area (Å²) in [5, 5.41) is 0.864. The van der Waals surface area contributed by atoms with Crippen molar-refractivity contribution in [1.82, 2.24) is 15.0 Å². The highest BCUT2D eigenvalue weighted by Crippen LogP contribution is 2.26. The van der Waals surface area contributed by atoms with Crippen molar-refractivity contribution in [1.29, 1.82) is 0 Å². The molecule has 0 atom stereocenters. The van der Waals surface area contributed by atoms with Gasteiger partial charge in [0.15, 0.2) is 0 Å². The average molecular weight is 376 g/mol. The molecule has 1 N–H and O–H groups in total. The maximum atomic E-state index is 12.9. The first kappa shape index (κ1) is 17.1. The molecule has 0 saturated heterocycles. The molecule has 4 rings (SSSR count). The van der Waals surface area contributed by atoms with Crippen LogP contribution in [0.3, 0.4) is 0 Å². The van der Waals surface area contributed by atoms with Gasteiger partial charge in [0.2, 0.25) is 0 Å². The van der Waals surface area contributed by atoms with Crippen LogP contribution in [-0.2, 0) is 10.0 Å². The monoisotopic (exact) mass is 376 g/mol. The Balaban J connectivity index is 1.73. The number of rotatable bonds is 4. The number of hydrogen-bond donors (Lipinski definition) is 1. The van der Waals surface area contributed by atoms with E-state index in [1.54, 1.807) is 55.7 Å². The van der Waals surface area contributed by atoms with Gasteiger partial charge in [0.05, 0.1) is 21.8 Å². The van der Waals surface area contributed by atoms with E-state index in [4.69, 9.17) is 0 Å². The first-order valence-electron chi connectivity index (χ1n) is 8.30. The van der Waals surface area contributed by atoms with Gasteiger partial charge in [-0.2, -0.15) is 0 Å². The molecular formula is C20H16N4O2S. The quantitative estimate of drug-likeness (QED) is 0.585. The van der Waals surface area contributed by atoms with E-state index < -0.39 is 10.0 Å². The topological polar surface area (TPSA) is 84.8 Å². The van der Waals surface area contributed by atoms with Crippen molar-refractivity contribution in [2.75, 3.05) is 4.72 Å². The molecule has 2 aromatic carbocycles. The van der Waals surface area contributed by atoms with Gasteiger partial charge in [0.1, 0.15) is 5.82 Å². The second kappa shape index (κ2) is 6.77. The summed E-state index contributed by atoms with van der Waals surface area (Å²) in [6, 6.07) is 17.5. The number of hydrogen-bond acceptors (Lipinski definition) is 5. The minimum atomic E-state index is -3.78. The molecule has 6 nitrogen and oxygen atoms in total. The zero-order chi connectivity index (χ0) is 18.9. The largest absolute Gasteiger partial charge is 0.277 e. The van der Waals surface area contributed by atoms with Crippen LogP contribution in [0.5, 0.6) is 0 Å².